The van der Waals surface area contributed by atoms with E-state index in [9.17, 15) is 18.5 Å². The fourth-order valence-corrected chi connectivity index (χ4v) is 3.88. The van der Waals surface area contributed by atoms with Crippen LogP contribution in [0.15, 0.2) is 88.8 Å². The van der Waals surface area contributed by atoms with Crippen molar-refractivity contribution in [3.05, 3.63) is 100 Å². The van der Waals surface area contributed by atoms with Gasteiger partial charge in [0.1, 0.15) is 0 Å². The summed E-state index contributed by atoms with van der Waals surface area (Å²) in [5, 5.41) is 11.1. The van der Waals surface area contributed by atoms with Gasteiger partial charge in [0.15, 0.2) is 0 Å². The summed E-state index contributed by atoms with van der Waals surface area (Å²) in [7, 11) is -2.12. The van der Waals surface area contributed by atoms with Gasteiger partial charge in [0.25, 0.3) is 5.69 Å². The monoisotopic (exact) mass is 409 g/mol. The van der Waals surface area contributed by atoms with Crippen LogP contribution in [0.4, 0.5) is 11.4 Å². The second-order valence-corrected chi connectivity index (χ2v) is 8.36. The first kappa shape index (κ1) is 20.4. The number of aliphatic imine (C=N–C) groups is 1. The number of para-hydroxylation sites is 1. The molecule has 0 heterocycles. The molecule has 0 spiro atoms. The zero-order chi connectivity index (χ0) is 20.9. The molecule has 0 bridgehead atoms. The molecule has 0 saturated carbocycles. The van der Waals surface area contributed by atoms with Crippen LogP contribution in [0.2, 0.25) is 0 Å². The Bertz CT molecular complexity index is 1130. The summed E-state index contributed by atoms with van der Waals surface area (Å²) in [6, 6.07) is 21.7. The Hall–Kier alpha value is -3.36. The molecule has 0 aromatic heterocycles. The lowest BCUT2D eigenvalue weighted by Crippen LogP contribution is -2.26. The number of nitro groups is 1. The van der Waals surface area contributed by atoms with Crippen molar-refractivity contribution < 1.29 is 13.3 Å². The number of hydrogen-bond acceptors (Lipinski definition) is 5. The molecule has 0 radical (unpaired) electrons. The number of benzene rings is 3. The highest BCUT2D eigenvalue weighted by atomic mass is 32.2. The summed E-state index contributed by atoms with van der Waals surface area (Å²) >= 11 is 0. The van der Waals surface area contributed by atoms with E-state index in [2.05, 4.69) is 4.99 Å². The third kappa shape index (κ3) is 4.92. The number of nitrogens with zero attached hydrogens (tertiary/aromatic N) is 3. The fourth-order valence-electron chi connectivity index (χ4n) is 2.72. The van der Waals surface area contributed by atoms with Crippen LogP contribution in [0.5, 0.6) is 0 Å². The second-order valence-electron chi connectivity index (χ2n) is 6.31. The molecule has 3 aromatic rings. The van der Waals surface area contributed by atoms with E-state index >= 15 is 0 Å². The minimum absolute atomic E-state index is 0.0435. The molecule has 8 heteroatoms. The average Bonchev–Trinajstić information content (AvgIpc) is 2.73. The first-order valence-corrected chi connectivity index (χ1v) is 10.2. The topological polar surface area (TPSA) is 92.9 Å². The highest BCUT2D eigenvalue weighted by molar-refractivity contribution is 7.89. The molecule has 0 saturated heterocycles. The highest BCUT2D eigenvalue weighted by Crippen LogP contribution is 2.22. The quantitative estimate of drug-likeness (QED) is 0.333. The van der Waals surface area contributed by atoms with E-state index in [4.69, 9.17) is 0 Å². The molecule has 3 rings (SSSR count). The first-order chi connectivity index (χ1) is 13.9. The molecule has 0 atom stereocenters. The Balaban J connectivity index is 1.77. The molecule has 0 amide bonds. The van der Waals surface area contributed by atoms with E-state index in [1.807, 2.05) is 30.3 Å². The van der Waals surface area contributed by atoms with Crippen molar-refractivity contribution in [1.82, 2.24) is 4.31 Å². The van der Waals surface area contributed by atoms with Gasteiger partial charge in [-0.15, -0.1) is 0 Å². The minimum Gasteiger partial charge on any atom is -0.258 e. The lowest BCUT2D eigenvalue weighted by Gasteiger charge is -2.17. The van der Waals surface area contributed by atoms with Crippen molar-refractivity contribution in [2.24, 2.45) is 4.99 Å². The zero-order valence-electron chi connectivity index (χ0n) is 15.7. The summed E-state index contributed by atoms with van der Waals surface area (Å²) < 4.78 is 26.8. The van der Waals surface area contributed by atoms with Crippen molar-refractivity contribution >= 4 is 27.6 Å². The average molecular weight is 409 g/mol. The van der Waals surface area contributed by atoms with Gasteiger partial charge < -0.3 is 0 Å². The second kappa shape index (κ2) is 8.76. The molecule has 3 aromatic carbocycles. The van der Waals surface area contributed by atoms with Gasteiger partial charge in [-0.3, -0.25) is 15.1 Å². The van der Waals surface area contributed by atoms with Crippen LogP contribution in [0.25, 0.3) is 0 Å². The zero-order valence-corrected chi connectivity index (χ0v) is 16.5. The Kier molecular flexibility index (Phi) is 6.16. The van der Waals surface area contributed by atoms with Gasteiger partial charge in [-0.05, 0) is 35.9 Å². The van der Waals surface area contributed by atoms with E-state index in [-0.39, 0.29) is 17.1 Å². The van der Waals surface area contributed by atoms with Gasteiger partial charge in [-0.25, -0.2) is 8.42 Å². The number of nitro benzene ring substituents is 1. The maximum absolute atomic E-state index is 12.8. The maximum atomic E-state index is 12.8. The lowest BCUT2D eigenvalue weighted by atomic mass is 10.2. The van der Waals surface area contributed by atoms with Gasteiger partial charge >= 0.3 is 0 Å². The van der Waals surface area contributed by atoms with Crippen LogP contribution in [0.1, 0.15) is 11.1 Å². The number of hydrogen-bond donors (Lipinski definition) is 0. The van der Waals surface area contributed by atoms with Crippen molar-refractivity contribution in [2.45, 2.75) is 11.4 Å². The standard InChI is InChI=1S/C21H19N3O4S/c1-23(16-17-7-3-2-4-8-17)29(27,28)20-13-11-19(12-14-20)22-15-18-9-5-6-10-21(18)24(25)26/h2-15H,16H2,1H3. The normalized spacial score (nSPS) is 11.8. The SMILES string of the molecule is CN(Cc1ccccc1)S(=O)(=O)c1ccc(N=Cc2ccccc2[N+](=O)[O-])cc1. The Morgan fingerprint density at radius 3 is 2.24 bits per heavy atom. The smallest absolute Gasteiger partial charge is 0.258 e. The van der Waals surface area contributed by atoms with Crippen molar-refractivity contribution in [1.29, 1.82) is 0 Å². The predicted octanol–water partition coefficient (Wildman–Crippen LogP) is 4.17. The van der Waals surface area contributed by atoms with Crippen LogP contribution in [0.3, 0.4) is 0 Å². The number of rotatable bonds is 7. The molecular formula is C21H19N3O4S. The fraction of sp³-hybridized carbons (Fsp3) is 0.0952. The van der Waals surface area contributed by atoms with Gasteiger partial charge in [-0.1, -0.05) is 42.5 Å². The molecule has 0 aliphatic rings. The van der Waals surface area contributed by atoms with Crippen LogP contribution < -0.4 is 0 Å². The van der Waals surface area contributed by atoms with Gasteiger partial charge in [0.2, 0.25) is 10.0 Å². The van der Waals surface area contributed by atoms with Crippen LogP contribution in [0, 0.1) is 10.1 Å². The van der Waals surface area contributed by atoms with Crippen molar-refractivity contribution in [2.75, 3.05) is 7.05 Å². The van der Waals surface area contributed by atoms with Crippen molar-refractivity contribution in [3.63, 3.8) is 0 Å². The Morgan fingerprint density at radius 2 is 1.59 bits per heavy atom. The Labute approximate surface area is 169 Å². The van der Waals surface area contributed by atoms with Crippen LogP contribution in [-0.4, -0.2) is 30.9 Å². The summed E-state index contributed by atoms with van der Waals surface area (Å²) in [5.74, 6) is 0. The van der Waals surface area contributed by atoms with Crippen LogP contribution >= 0.6 is 0 Å². The van der Waals surface area contributed by atoms with E-state index in [1.54, 1.807) is 30.3 Å². The molecule has 0 unspecified atom stereocenters. The van der Waals surface area contributed by atoms with Crippen molar-refractivity contribution in [3.8, 4) is 0 Å². The third-order valence-electron chi connectivity index (χ3n) is 4.28. The van der Waals surface area contributed by atoms with E-state index in [0.29, 0.717) is 11.3 Å². The van der Waals surface area contributed by atoms with Crippen LogP contribution in [-0.2, 0) is 16.6 Å². The van der Waals surface area contributed by atoms with Gasteiger partial charge in [0.05, 0.1) is 21.1 Å². The molecule has 0 N–H and O–H groups in total. The number of sulfonamides is 1. The molecule has 148 valence electrons. The summed E-state index contributed by atoms with van der Waals surface area (Å²) in [6.07, 6.45) is 1.39. The Morgan fingerprint density at radius 1 is 0.966 bits per heavy atom. The van der Waals surface area contributed by atoms with E-state index in [0.717, 1.165) is 5.56 Å². The molecular weight excluding hydrogens is 390 g/mol. The summed E-state index contributed by atoms with van der Waals surface area (Å²) in [6.45, 7) is 0.265. The molecule has 29 heavy (non-hydrogen) atoms. The predicted molar refractivity (Wildman–Crippen MR) is 112 cm³/mol. The van der Waals surface area contributed by atoms with E-state index < -0.39 is 14.9 Å². The van der Waals surface area contributed by atoms with E-state index in [1.165, 1.54) is 35.8 Å². The summed E-state index contributed by atoms with van der Waals surface area (Å²) in [5.41, 5.74) is 1.71. The maximum Gasteiger partial charge on any atom is 0.278 e. The summed E-state index contributed by atoms with van der Waals surface area (Å²) in [4.78, 5) is 15.0. The van der Waals surface area contributed by atoms with Gasteiger partial charge in [0, 0.05) is 25.9 Å². The largest absolute Gasteiger partial charge is 0.278 e. The molecule has 0 aliphatic carbocycles. The molecule has 0 aliphatic heterocycles. The minimum atomic E-state index is -3.65. The first-order valence-electron chi connectivity index (χ1n) is 8.76. The third-order valence-corrected chi connectivity index (χ3v) is 6.10. The lowest BCUT2D eigenvalue weighted by molar-refractivity contribution is -0.385. The highest BCUT2D eigenvalue weighted by Gasteiger charge is 2.20. The van der Waals surface area contributed by atoms with Gasteiger partial charge in [-0.2, -0.15) is 4.31 Å². The molecule has 0 fully saturated rings. The molecule has 7 nitrogen and oxygen atoms in total.